The summed E-state index contributed by atoms with van der Waals surface area (Å²) in [5, 5.41) is 9.28. The van der Waals surface area contributed by atoms with Gasteiger partial charge in [-0.05, 0) is 13.0 Å². The SMILES string of the molecule is COC(=O)[C@H](C)Sc1nnc(CSc2ncccn2)n1C. The van der Waals surface area contributed by atoms with Crippen molar-refractivity contribution in [1.29, 1.82) is 0 Å². The molecule has 0 amide bonds. The summed E-state index contributed by atoms with van der Waals surface area (Å²) in [6.07, 6.45) is 3.40. The number of hydrogen-bond donors (Lipinski definition) is 0. The Balaban J connectivity index is 1.98. The van der Waals surface area contributed by atoms with Gasteiger partial charge in [-0.3, -0.25) is 4.79 Å². The Morgan fingerprint density at radius 1 is 1.38 bits per heavy atom. The second-order valence-corrected chi connectivity index (χ2v) is 6.31. The van der Waals surface area contributed by atoms with Gasteiger partial charge in [0.15, 0.2) is 10.3 Å². The summed E-state index contributed by atoms with van der Waals surface area (Å²) in [5.41, 5.74) is 0. The van der Waals surface area contributed by atoms with Crippen LogP contribution in [-0.4, -0.2) is 43.1 Å². The molecule has 0 fully saturated rings. The van der Waals surface area contributed by atoms with Crippen molar-refractivity contribution >= 4 is 29.5 Å². The van der Waals surface area contributed by atoms with Gasteiger partial charge in [-0.1, -0.05) is 23.5 Å². The lowest BCUT2D eigenvalue weighted by atomic mass is 10.5. The molecule has 0 aliphatic carbocycles. The molecule has 9 heteroatoms. The minimum Gasteiger partial charge on any atom is -0.468 e. The summed E-state index contributed by atoms with van der Waals surface area (Å²) in [5.74, 6) is 1.13. The van der Waals surface area contributed by atoms with Crippen molar-refractivity contribution in [3.8, 4) is 0 Å². The molecule has 2 rings (SSSR count). The number of carbonyl (C=O) groups is 1. The molecular weight excluding hydrogens is 310 g/mol. The highest BCUT2D eigenvalue weighted by atomic mass is 32.2. The van der Waals surface area contributed by atoms with E-state index in [1.165, 1.54) is 30.6 Å². The molecule has 2 aromatic rings. The van der Waals surface area contributed by atoms with Crippen LogP contribution >= 0.6 is 23.5 Å². The predicted molar refractivity (Wildman–Crippen MR) is 79.9 cm³/mol. The maximum Gasteiger partial charge on any atom is 0.318 e. The highest BCUT2D eigenvalue weighted by molar-refractivity contribution is 8.00. The van der Waals surface area contributed by atoms with Crippen LogP contribution in [0.5, 0.6) is 0 Å². The van der Waals surface area contributed by atoms with Gasteiger partial charge in [-0.15, -0.1) is 10.2 Å². The van der Waals surface area contributed by atoms with Crippen molar-refractivity contribution < 1.29 is 9.53 Å². The van der Waals surface area contributed by atoms with Gasteiger partial charge >= 0.3 is 5.97 Å². The Bertz CT molecular complexity index is 605. The average Bonchev–Trinajstić information content (AvgIpc) is 2.86. The molecule has 0 radical (unpaired) electrons. The summed E-state index contributed by atoms with van der Waals surface area (Å²) >= 11 is 2.80. The summed E-state index contributed by atoms with van der Waals surface area (Å²) in [4.78, 5) is 19.7. The van der Waals surface area contributed by atoms with Crippen LogP contribution in [0.2, 0.25) is 0 Å². The molecule has 0 bridgehead atoms. The van der Waals surface area contributed by atoms with E-state index in [0.717, 1.165) is 5.82 Å². The smallest absolute Gasteiger partial charge is 0.318 e. The lowest BCUT2D eigenvalue weighted by molar-refractivity contribution is -0.139. The molecule has 21 heavy (non-hydrogen) atoms. The van der Waals surface area contributed by atoms with E-state index in [4.69, 9.17) is 4.74 Å². The van der Waals surface area contributed by atoms with Crippen molar-refractivity contribution in [2.24, 2.45) is 7.05 Å². The van der Waals surface area contributed by atoms with Gasteiger partial charge in [-0.2, -0.15) is 0 Å². The van der Waals surface area contributed by atoms with Crippen molar-refractivity contribution in [2.45, 2.75) is 28.2 Å². The summed E-state index contributed by atoms with van der Waals surface area (Å²) in [6.45, 7) is 1.78. The van der Waals surface area contributed by atoms with Gasteiger partial charge in [0.1, 0.15) is 11.1 Å². The summed E-state index contributed by atoms with van der Waals surface area (Å²) in [6, 6.07) is 1.77. The van der Waals surface area contributed by atoms with Gasteiger partial charge in [0.25, 0.3) is 0 Å². The fraction of sp³-hybridized carbons (Fsp3) is 0.417. The zero-order valence-corrected chi connectivity index (χ0v) is 13.5. The first kappa shape index (κ1) is 15.8. The summed E-state index contributed by atoms with van der Waals surface area (Å²) in [7, 11) is 3.24. The summed E-state index contributed by atoms with van der Waals surface area (Å²) < 4.78 is 6.56. The number of thioether (sulfide) groups is 2. The van der Waals surface area contributed by atoms with Gasteiger partial charge in [0, 0.05) is 19.4 Å². The van der Waals surface area contributed by atoms with Crippen molar-refractivity contribution in [3.05, 3.63) is 24.3 Å². The molecule has 0 aliphatic rings. The average molecular weight is 325 g/mol. The fourth-order valence-electron chi connectivity index (χ4n) is 1.43. The van der Waals surface area contributed by atoms with E-state index in [0.29, 0.717) is 16.1 Å². The molecule has 2 heterocycles. The van der Waals surface area contributed by atoms with Crippen LogP contribution in [0.3, 0.4) is 0 Å². The monoisotopic (exact) mass is 325 g/mol. The predicted octanol–water partition coefficient (Wildman–Crippen LogP) is 1.55. The molecule has 0 aromatic carbocycles. The first-order valence-corrected chi connectivity index (χ1v) is 8.01. The minimum absolute atomic E-state index is 0.281. The Kier molecular flexibility index (Phi) is 5.57. The molecule has 0 saturated heterocycles. The minimum atomic E-state index is -0.323. The quantitative estimate of drug-likeness (QED) is 0.449. The lowest BCUT2D eigenvalue weighted by Crippen LogP contribution is -2.15. The third-order valence-electron chi connectivity index (χ3n) is 2.61. The van der Waals surface area contributed by atoms with Crippen LogP contribution < -0.4 is 0 Å². The van der Waals surface area contributed by atoms with E-state index in [-0.39, 0.29) is 11.2 Å². The second-order valence-electron chi connectivity index (χ2n) is 4.06. The Hall–Kier alpha value is -1.61. The number of nitrogens with zero attached hydrogens (tertiary/aromatic N) is 5. The number of rotatable bonds is 6. The largest absolute Gasteiger partial charge is 0.468 e. The van der Waals surface area contributed by atoms with Crippen molar-refractivity contribution in [2.75, 3.05) is 7.11 Å². The fourth-order valence-corrected chi connectivity index (χ4v) is 3.08. The van der Waals surface area contributed by atoms with Crippen LogP contribution in [0.4, 0.5) is 0 Å². The molecule has 112 valence electrons. The first-order chi connectivity index (χ1) is 10.1. The third kappa shape index (κ3) is 4.18. The van der Waals surface area contributed by atoms with Crippen molar-refractivity contribution in [1.82, 2.24) is 24.7 Å². The molecular formula is C12H15N5O2S2. The van der Waals surface area contributed by atoms with Crippen LogP contribution in [0.15, 0.2) is 28.8 Å². The molecule has 0 spiro atoms. The van der Waals surface area contributed by atoms with Crippen LogP contribution in [0.25, 0.3) is 0 Å². The van der Waals surface area contributed by atoms with Gasteiger partial charge in [0.05, 0.1) is 12.9 Å². The third-order valence-corrected chi connectivity index (χ3v) is 4.60. The lowest BCUT2D eigenvalue weighted by Gasteiger charge is -2.08. The highest BCUT2D eigenvalue weighted by Crippen LogP contribution is 2.24. The molecule has 0 unspecified atom stereocenters. The normalized spacial score (nSPS) is 12.1. The number of hydrogen-bond acceptors (Lipinski definition) is 8. The topological polar surface area (TPSA) is 82.8 Å². The van der Waals surface area contributed by atoms with Crippen LogP contribution in [0, 0.1) is 0 Å². The highest BCUT2D eigenvalue weighted by Gasteiger charge is 2.19. The molecule has 1 atom stereocenters. The Morgan fingerprint density at radius 3 is 2.76 bits per heavy atom. The van der Waals surface area contributed by atoms with E-state index < -0.39 is 0 Å². The first-order valence-electron chi connectivity index (χ1n) is 6.14. The number of aromatic nitrogens is 5. The van der Waals surface area contributed by atoms with E-state index >= 15 is 0 Å². The van der Waals surface area contributed by atoms with E-state index in [2.05, 4.69) is 20.2 Å². The molecule has 0 saturated carbocycles. The zero-order chi connectivity index (χ0) is 15.2. The molecule has 7 nitrogen and oxygen atoms in total. The maximum atomic E-state index is 11.4. The van der Waals surface area contributed by atoms with E-state index in [1.54, 1.807) is 25.4 Å². The second kappa shape index (κ2) is 7.41. The Labute approximate surface area is 130 Å². The van der Waals surface area contributed by atoms with E-state index in [9.17, 15) is 4.79 Å². The molecule has 0 N–H and O–H groups in total. The van der Waals surface area contributed by atoms with Crippen LogP contribution in [-0.2, 0) is 22.3 Å². The number of esters is 1. The Morgan fingerprint density at radius 2 is 2.10 bits per heavy atom. The van der Waals surface area contributed by atoms with Gasteiger partial charge < -0.3 is 9.30 Å². The number of ether oxygens (including phenoxy) is 1. The van der Waals surface area contributed by atoms with E-state index in [1.807, 2.05) is 11.6 Å². The van der Waals surface area contributed by atoms with Crippen LogP contribution in [0.1, 0.15) is 12.7 Å². The zero-order valence-electron chi connectivity index (χ0n) is 11.9. The van der Waals surface area contributed by atoms with Crippen molar-refractivity contribution in [3.63, 3.8) is 0 Å². The number of carbonyl (C=O) groups excluding carboxylic acids is 1. The molecule has 0 aliphatic heterocycles. The maximum absolute atomic E-state index is 11.4. The molecule has 2 aromatic heterocycles. The number of methoxy groups -OCH3 is 1. The van der Waals surface area contributed by atoms with Gasteiger partial charge in [0.2, 0.25) is 0 Å². The van der Waals surface area contributed by atoms with Gasteiger partial charge in [-0.25, -0.2) is 9.97 Å². The standard InChI is InChI=1S/C12H15N5O2S2/c1-8(10(18)19-3)21-12-16-15-9(17(12)2)7-20-11-13-5-4-6-14-11/h4-6,8H,7H2,1-3H3/t8-/m0/s1.